The Kier molecular flexibility index (Phi) is 38.2. The second-order valence-electron chi connectivity index (χ2n) is 16.6. The molecule has 0 aromatic heterocycles. The number of likely N-dealkylation sites (N-methyl/N-ethyl adjacent to an activating group) is 1. The molecular formula is C48H86NO9P. The average Bonchev–Trinajstić information content (AvgIpc) is 3.19. The summed E-state index contributed by atoms with van der Waals surface area (Å²) in [7, 11) is 1.10. The number of esters is 2. The molecule has 1 unspecified atom stereocenters. The van der Waals surface area contributed by atoms with E-state index in [0.29, 0.717) is 30.3 Å². The zero-order valence-corrected chi connectivity index (χ0v) is 38.9. The Hall–Kier alpha value is -2.33. The molecule has 0 rings (SSSR count). The molecule has 0 aliphatic heterocycles. The monoisotopic (exact) mass is 852 g/mol. The first-order valence-electron chi connectivity index (χ1n) is 23.1. The van der Waals surface area contributed by atoms with Gasteiger partial charge in [-0.05, 0) is 44.9 Å². The van der Waals surface area contributed by atoms with Crippen molar-refractivity contribution in [2.75, 3.05) is 47.5 Å². The van der Waals surface area contributed by atoms with E-state index >= 15 is 0 Å². The van der Waals surface area contributed by atoms with Crippen LogP contribution in [0.2, 0.25) is 0 Å². The number of carbonyl (C=O) groups is 2. The molecule has 0 fully saturated rings. The van der Waals surface area contributed by atoms with Crippen LogP contribution in [0.3, 0.4) is 0 Å². The second-order valence-corrected chi connectivity index (χ2v) is 18.0. The highest BCUT2D eigenvalue weighted by Crippen LogP contribution is 2.38. The highest BCUT2D eigenvalue weighted by molar-refractivity contribution is 7.45. The highest BCUT2D eigenvalue weighted by Gasteiger charge is 2.21. The number of rotatable bonds is 41. The van der Waals surface area contributed by atoms with Crippen molar-refractivity contribution in [3.05, 3.63) is 60.8 Å². The lowest BCUT2D eigenvalue weighted by Crippen LogP contribution is -2.37. The van der Waals surface area contributed by atoms with E-state index in [9.17, 15) is 24.2 Å². The summed E-state index contributed by atoms with van der Waals surface area (Å²) in [5.74, 6) is -0.920. The summed E-state index contributed by atoms with van der Waals surface area (Å²) in [6, 6.07) is 0. The molecule has 0 saturated heterocycles. The van der Waals surface area contributed by atoms with E-state index in [2.05, 4.69) is 31.2 Å². The number of allylic oxidation sites excluding steroid dienone is 9. The third-order valence-electron chi connectivity index (χ3n) is 9.71. The summed E-state index contributed by atoms with van der Waals surface area (Å²) in [5, 5.41) is 9.49. The molecule has 0 spiro atoms. The molecule has 11 heteroatoms. The smallest absolute Gasteiger partial charge is 0.306 e. The van der Waals surface area contributed by atoms with Gasteiger partial charge in [0.25, 0.3) is 7.82 Å². The Morgan fingerprint density at radius 1 is 0.627 bits per heavy atom. The number of ether oxygens (including phenoxy) is 2. The SMILES string of the molecule is CCCCCCCCCCCCCCCCCCCC(=O)OC[C@H](COP(=O)([O-])OCC[N+](C)(C)C)OC(=O)CCC/C=C\C/C=C\C/C=C\C/C=C\C=C\[C@H](O)CC. The van der Waals surface area contributed by atoms with Crippen molar-refractivity contribution < 1.29 is 47.2 Å². The Morgan fingerprint density at radius 3 is 1.64 bits per heavy atom. The Balaban J connectivity index is 4.43. The molecule has 0 amide bonds. The summed E-state index contributed by atoms with van der Waals surface area (Å²) in [4.78, 5) is 37.6. The van der Waals surface area contributed by atoms with E-state index in [1.807, 2.05) is 58.4 Å². The summed E-state index contributed by atoms with van der Waals surface area (Å²) in [5.41, 5.74) is 0. The van der Waals surface area contributed by atoms with E-state index in [0.717, 1.165) is 38.5 Å². The van der Waals surface area contributed by atoms with Gasteiger partial charge in [0.05, 0.1) is 33.9 Å². The predicted molar refractivity (Wildman–Crippen MR) is 242 cm³/mol. The van der Waals surface area contributed by atoms with Crippen LogP contribution in [0.4, 0.5) is 0 Å². The number of phosphoric acid groups is 1. The first-order chi connectivity index (χ1) is 28.4. The standard InChI is InChI=1S/C48H86NO9P/c1-6-8-9-10-11-12-13-14-15-16-17-21-24-27-30-33-36-39-47(51)55-43-46(44-57-59(53,54)56-42-41-49(3,4)5)58-48(52)40-37-34-31-28-25-22-19-18-20-23-26-29-32-35-38-45(50)7-2/h19-20,22-23,28-29,31-32,35,38,45-46,50H,6-18,21,24-27,30,33-34,36-37,39-44H2,1-5H3/b22-19-,23-20-,31-28-,32-29-,38-35+/t45-,46-/m1/s1. The summed E-state index contributed by atoms with van der Waals surface area (Å²) in [6.45, 7) is 3.82. The number of aliphatic hydroxyl groups excluding tert-OH is 1. The number of carbonyl (C=O) groups excluding carboxylic acids is 2. The van der Waals surface area contributed by atoms with E-state index in [1.54, 1.807) is 6.08 Å². The molecule has 0 saturated carbocycles. The van der Waals surface area contributed by atoms with Crippen molar-refractivity contribution in [2.24, 2.45) is 0 Å². The van der Waals surface area contributed by atoms with Gasteiger partial charge in [0, 0.05) is 12.8 Å². The van der Waals surface area contributed by atoms with Crippen molar-refractivity contribution in [2.45, 2.75) is 187 Å². The van der Waals surface area contributed by atoms with Crippen LogP contribution in [-0.2, 0) is 32.7 Å². The van der Waals surface area contributed by atoms with Crippen molar-refractivity contribution in [3.8, 4) is 0 Å². The molecule has 0 aromatic rings. The van der Waals surface area contributed by atoms with Gasteiger partial charge in [-0.25, -0.2) is 0 Å². The predicted octanol–water partition coefficient (Wildman–Crippen LogP) is 11.6. The minimum Gasteiger partial charge on any atom is -0.756 e. The van der Waals surface area contributed by atoms with Gasteiger partial charge in [-0.1, -0.05) is 177 Å². The minimum atomic E-state index is -4.65. The molecule has 342 valence electrons. The maximum atomic E-state index is 12.7. The Bertz CT molecular complexity index is 1210. The van der Waals surface area contributed by atoms with Crippen molar-refractivity contribution >= 4 is 19.8 Å². The van der Waals surface area contributed by atoms with Gasteiger partial charge in [0.15, 0.2) is 6.10 Å². The molecule has 0 aromatic carbocycles. The summed E-state index contributed by atoms with van der Waals surface area (Å²) < 4.78 is 33.8. The Morgan fingerprint density at radius 2 is 1.12 bits per heavy atom. The van der Waals surface area contributed by atoms with E-state index in [-0.39, 0.29) is 32.2 Å². The number of phosphoric ester groups is 1. The number of quaternary nitrogens is 1. The normalized spacial score (nSPS) is 14.6. The molecule has 3 atom stereocenters. The van der Waals surface area contributed by atoms with Crippen molar-refractivity contribution in [1.29, 1.82) is 0 Å². The van der Waals surface area contributed by atoms with E-state index < -0.39 is 32.5 Å². The van der Waals surface area contributed by atoms with Gasteiger partial charge in [0.2, 0.25) is 0 Å². The minimum absolute atomic E-state index is 0.0493. The zero-order chi connectivity index (χ0) is 43.7. The van der Waals surface area contributed by atoms with Crippen LogP contribution in [0.1, 0.15) is 174 Å². The molecule has 0 radical (unpaired) electrons. The third kappa shape index (κ3) is 43.6. The van der Waals surface area contributed by atoms with Gasteiger partial charge in [-0.3, -0.25) is 14.2 Å². The molecule has 1 N–H and O–H groups in total. The maximum absolute atomic E-state index is 12.7. The zero-order valence-electron chi connectivity index (χ0n) is 38.0. The lowest BCUT2D eigenvalue weighted by Gasteiger charge is -2.28. The van der Waals surface area contributed by atoms with E-state index in [1.165, 1.54) is 89.9 Å². The molecular weight excluding hydrogens is 765 g/mol. The van der Waals surface area contributed by atoms with Crippen molar-refractivity contribution in [1.82, 2.24) is 0 Å². The fraction of sp³-hybridized carbons (Fsp3) is 0.750. The first kappa shape index (κ1) is 56.7. The molecule has 0 bridgehead atoms. The average molecular weight is 852 g/mol. The van der Waals surface area contributed by atoms with Crippen LogP contribution < -0.4 is 4.89 Å². The van der Waals surface area contributed by atoms with Crippen LogP contribution in [-0.4, -0.2) is 81.2 Å². The van der Waals surface area contributed by atoms with Crippen molar-refractivity contribution in [3.63, 3.8) is 0 Å². The molecule has 0 heterocycles. The van der Waals surface area contributed by atoms with Crippen LogP contribution in [0.25, 0.3) is 0 Å². The van der Waals surface area contributed by atoms with Gasteiger partial charge in [-0.2, -0.15) is 0 Å². The quantitative estimate of drug-likeness (QED) is 0.0159. The van der Waals surface area contributed by atoms with Gasteiger partial charge >= 0.3 is 11.9 Å². The number of aliphatic hydroxyl groups is 1. The lowest BCUT2D eigenvalue weighted by molar-refractivity contribution is -0.870. The number of nitrogens with zero attached hydrogens (tertiary/aromatic N) is 1. The molecule has 0 aliphatic carbocycles. The fourth-order valence-electron chi connectivity index (χ4n) is 5.94. The van der Waals surface area contributed by atoms with Gasteiger partial charge in [0.1, 0.15) is 19.8 Å². The molecule has 59 heavy (non-hydrogen) atoms. The molecule has 10 nitrogen and oxygen atoms in total. The number of hydrogen-bond donors (Lipinski definition) is 1. The first-order valence-corrected chi connectivity index (χ1v) is 24.6. The van der Waals surface area contributed by atoms with Gasteiger partial charge in [-0.15, -0.1) is 0 Å². The van der Waals surface area contributed by atoms with Crippen LogP contribution in [0.5, 0.6) is 0 Å². The topological polar surface area (TPSA) is 131 Å². The lowest BCUT2D eigenvalue weighted by atomic mass is 10.0. The Labute approximate surface area is 360 Å². The van der Waals surface area contributed by atoms with Crippen LogP contribution in [0.15, 0.2) is 60.8 Å². The highest BCUT2D eigenvalue weighted by atomic mass is 31.2. The second kappa shape index (κ2) is 39.8. The largest absolute Gasteiger partial charge is 0.756 e. The number of hydrogen-bond acceptors (Lipinski definition) is 9. The third-order valence-corrected chi connectivity index (χ3v) is 10.7. The van der Waals surface area contributed by atoms with Crippen LogP contribution >= 0.6 is 7.82 Å². The van der Waals surface area contributed by atoms with Crippen LogP contribution in [0, 0.1) is 0 Å². The summed E-state index contributed by atoms with van der Waals surface area (Å²) >= 11 is 0. The fourth-order valence-corrected chi connectivity index (χ4v) is 6.66. The summed E-state index contributed by atoms with van der Waals surface area (Å²) in [6.07, 6.45) is 44.9. The van der Waals surface area contributed by atoms with Gasteiger partial charge < -0.3 is 33.0 Å². The number of unbranched alkanes of at least 4 members (excludes halogenated alkanes) is 17. The maximum Gasteiger partial charge on any atom is 0.306 e. The molecule has 0 aliphatic rings. The van der Waals surface area contributed by atoms with E-state index in [4.69, 9.17) is 18.5 Å².